The van der Waals surface area contributed by atoms with Gasteiger partial charge in [-0.3, -0.25) is 9.59 Å². The molecule has 0 unspecified atom stereocenters. The minimum atomic E-state index is -0.832. The van der Waals surface area contributed by atoms with Crippen molar-refractivity contribution in [3.05, 3.63) is 59.7 Å². The molecule has 5 nitrogen and oxygen atoms in total. The second kappa shape index (κ2) is 7.26. The summed E-state index contributed by atoms with van der Waals surface area (Å²) in [4.78, 5) is 22.6. The summed E-state index contributed by atoms with van der Waals surface area (Å²) in [7, 11) is 1.58. The second-order valence-corrected chi connectivity index (χ2v) is 4.77. The highest BCUT2D eigenvalue weighted by Crippen LogP contribution is 2.16. The molecule has 0 atom stereocenters. The van der Waals surface area contributed by atoms with Gasteiger partial charge >= 0.3 is 5.97 Å². The Kier molecular flexibility index (Phi) is 5.14. The fraction of sp³-hybridized carbons (Fsp3) is 0.176. The molecule has 2 N–H and O–H groups in total. The maximum absolute atomic E-state index is 12.1. The number of carboxylic acids is 1. The van der Waals surface area contributed by atoms with Gasteiger partial charge in [0.2, 0.25) is 0 Å². The van der Waals surface area contributed by atoms with E-state index in [1.807, 2.05) is 0 Å². The molecule has 2 rings (SSSR count). The summed E-state index contributed by atoms with van der Waals surface area (Å²) in [6, 6.07) is 14.0. The smallest absolute Gasteiger partial charge is 0.303 e. The fourth-order valence-corrected chi connectivity index (χ4v) is 1.95. The quantitative estimate of drug-likeness (QED) is 0.860. The zero-order chi connectivity index (χ0) is 15.9. The van der Waals surface area contributed by atoms with Gasteiger partial charge in [0.1, 0.15) is 5.75 Å². The molecule has 5 heteroatoms. The Morgan fingerprint density at radius 3 is 2.23 bits per heavy atom. The van der Waals surface area contributed by atoms with Gasteiger partial charge in [0.15, 0.2) is 0 Å². The molecule has 2 aromatic rings. The summed E-state index contributed by atoms with van der Waals surface area (Å²) < 4.78 is 5.06. The van der Waals surface area contributed by atoms with Gasteiger partial charge in [-0.1, -0.05) is 12.1 Å². The predicted octanol–water partition coefficient (Wildman–Crippen LogP) is 2.96. The van der Waals surface area contributed by atoms with Crippen LogP contribution in [0.25, 0.3) is 0 Å². The van der Waals surface area contributed by atoms with Crippen LogP contribution in [-0.2, 0) is 11.2 Å². The first-order chi connectivity index (χ1) is 10.6. The summed E-state index contributed by atoms with van der Waals surface area (Å²) in [5.41, 5.74) is 2.10. The number of ether oxygens (including phenoxy) is 1. The van der Waals surface area contributed by atoms with Crippen LogP contribution in [0.5, 0.6) is 5.75 Å². The van der Waals surface area contributed by atoms with Crippen molar-refractivity contribution in [3.63, 3.8) is 0 Å². The van der Waals surface area contributed by atoms with Gasteiger partial charge in [-0.2, -0.15) is 0 Å². The first-order valence-electron chi connectivity index (χ1n) is 6.84. The highest BCUT2D eigenvalue weighted by atomic mass is 16.5. The lowest BCUT2D eigenvalue weighted by Gasteiger charge is -2.07. The van der Waals surface area contributed by atoms with Crippen LogP contribution in [0.4, 0.5) is 5.69 Å². The molecule has 0 saturated carbocycles. The minimum Gasteiger partial charge on any atom is -0.497 e. The van der Waals surface area contributed by atoms with Gasteiger partial charge in [-0.05, 0) is 48.4 Å². The third-order valence-electron chi connectivity index (χ3n) is 3.19. The maximum atomic E-state index is 12.1. The van der Waals surface area contributed by atoms with Crippen LogP contribution in [0, 0.1) is 0 Å². The number of carboxylic acid groups (broad SMARTS) is 1. The van der Waals surface area contributed by atoms with E-state index in [4.69, 9.17) is 9.84 Å². The number of methoxy groups -OCH3 is 1. The van der Waals surface area contributed by atoms with Gasteiger partial charge < -0.3 is 15.2 Å². The summed E-state index contributed by atoms with van der Waals surface area (Å²) in [5, 5.41) is 11.4. The molecule has 0 spiro atoms. The highest BCUT2D eigenvalue weighted by Gasteiger charge is 2.07. The third kappa shape index (κ3) is 4.34. The van der Waals surface area contributed by atoms with E-state index in [0.717, 1.165) is 11.3 Å². The Bertz CT molecular complexity index is 647. The van der Waals surface area contributed by atoms with Crippen molar-refractivity contribution in [1.29, 1.82) is 0 Å². The van der Waals surface area contributed by atoms with Gasteiger partial charge in [-0.25, -0.2) is 0 Å². The molecule has 0 aliphatic heterocycles. The van der Waals surface area contributed by atoms with Crippen LogP contribution < -0.4 is 10.1 Å². The molecule has 0 fully saturated rings. The number of aliphatic carboxylic acids is 1. The van der Waals surface area contributed by atoms with Gasteiger partial charge in [0.05, 0.1) is 7.11 Å². The lowest BCUT2D eigenvalue weighted by molar-refractivity contribution is -0.136. The summed E-state index contributed by atoms with van der Waals surface area (Å²) in [5.74, 6) is -0.322. The predicted molar refractivity (Wildman–Crippen MR) is 83.3 cm³/mol. The molecule has 0 bridgehead atoms. The lowest BCUT2D eigenvalue weighted by atomic mass is 10.1. The number of hydrogen-bond donors (Lipinski definition) is 2. The summed E-state index contributed by atoms with van der Waals surface area (Å²) in [6.07, 6.45) is 0.535. The van der Waals surface area contributed by atoms with E-state index in [-0.39, 0.29) is 12.3 Å². The van der Waals surface area contributed by atoms with Crippen LogP contribution in [0.1, 0.15) is 22.3 Å². The molecular weight excluding hydrogens is 282 g/mol. The molecule has 2 aromatic carbocycles. The molecular formula is C17H17NO4. The van der Waals surface area contributed by atoms with Crippen LogP contribution in [0.2, 0.25) is 0 Å². The van der Waals surface area contributed by atoms with Crippen molar-refractivity contribution in [2.45, 2.75) is 12.8 Å². The van der Waals surface area contributed by atoms with E-state index < -0.39 is 5.97 Å². The number of amides is 1. The number of benzene rings is 2. The summed E-state index contributed by atoms with van der Waals surface area (Å²) >= 11 is 0. The standard InChI is InChI=1S/C17H17NO4/c1-22-15-9-7-14(8-10-15)18-17(21)13-5-2-12(3-6-13)4-11-16(19)20/h2-3,5-10H,4,11H2,1H3,(H,18,21)(H,19,20). The monoisotopic (exact) mass is 299 g/mol. The first kappa shape index (κ1) is 15.6. The van der Waals surface area contributed by atoms with Crippen LogP contribution in [0.3, 0.4) is 0 Å². The Hall–Kier alpha value is -2.82. The average molecular weight is 299 g/mol. The Morgan fingerprint density at radius 1 is 1.05 bits per heavy atom. The Balaban J connectivity index is 1.98. The van der Waals surface area contributed by atoms with E-state index in [9.17, 15) is 9.59 Å². The van der Waals surface area contributed by atoms with Crippen molar-refractivity contribution in [2.24, 2.45) is 0 Å². The van der Waals surface area contributed by atoms with Crippen LogP contribution in [0.15, 0.2) is 48.5 Å². The van der Waals surface area contributed by atoms with Gasteiger partial charge in [0.25, 0.3) is 5.91 Å². The number of aryl methyl sites for hydroxylation is 1. The highest BCUT2D eigenvalue weighted by molar-refractivity contribution is 6.04. The normalized spacial score (nSPS) is 10.0. The van der Waals surface area contributed by atoms with E-state index in [1.165, 1.54) is 0 Å². The van der Waals surface area contributed by atoms with Crippen molar-refractivity contribution >= 4 is 17.6 Å². The molecule has 0 aliphatic rings. The zero-order valence-electron chi connectivity index (χ0n) is 12.2. The number of rotatable bonds is 6. The molecule has 22 heavy (non-hydrogen) atoms. The van der Waals surface area contributed by atoms with Gasteiger partial charge in [-0.15, -0.1) is 0 Å². The molecule has 114 valence electrons. The number of anilines is 1. The fourth-order valence-electron chi connectivity index (χ4n) is 1.95. The molecule has 1 amide bonds. The summed E-state index contributed by atoms with van der Waals surface area (Å²) in [6.45, 7) is 0. The SMILES string of the molecule is COc1ccc(NC(=O)c2ccc(CCC(=O)O)cc2)cc1. The van der Waals surface area contributed by atoms with Crippen LogP contribution >= 0.6 is 0 Å². The first-order valence-corrected chi connectivity index (χ1v) is 6.84. The van der Waals surface area contributed by atoms with Crippen molar-refractivity contribution in [3.8, 4) is 5.75 Å². The lowest BCUT2D eigenvalue weighted by Crippen LogP contribution is -2.11. The Morgan fingerprint density at radius 2 is 1.68 bits per heavy atom. The minimum absolute atomic E-state index is 0.0807. The zero-order valence-corrected chi connectivity index (χ0v) is 12.2. The number of nitrogens with one attached hydrogen (secondary N) is 1. The third-order valence-corrected chi connectivity index (χ3v) is 3.19. The van der Waals surface area contributed by atoms with E-state index in [0.29, 0.717) is 17.7 Å². The van der Waals surface area contributed by atoms with E-state index >= 15 is 0 Å². The molecule has 0 radical (unpaired) electrons. The second-order valence-electron chi connectivity index (χ2n) is 4.77. The van der Waals surface area contributed by atoms with E-state index in [2.05, 4.69) is 5.32 Å². The Labute approximate surface area is 128 Å². The number of carbonyl (C=O) groups is 2. The topological polar surface area (TPSA) is 75.6 Å². The molecule has 0 aliphatic carbocycles. The van der Waals surface area contributed by atoms with Crippen molar-refractivity contribution in [1.82, 2.24) is 0 Å². The van der Waals surface area contributed by atoms with E-state index in [1.54, 1.807) is 55.6 Å². The largest absolute Gasteiger partial charge is 0.497 e. The van der Waals surface area contributed by atoms with Crippen molar-refractivity contribution in [2.75, 3.05) is 12.4 Å². The van der Waals surface area contributed by atoms with Crippen molar-refractivity contribution < 1.29 is 19.4 Å². The number of carbonyl (C=O) groups excluding carboxylic acids is 1. The molecule has 0 heterocycles. The average Bonchev–Trinajstić information content (AvgIpc) is 2.54. The van der Waals surface area contributed by atoms with Crippen LogP contribution in [-0.4, -0.2) is 24.1 Å². The van der Waals surface area contributed by atoms with Gasteiger partial charge in [0, 0.05) is 17.7 Å². The number of hydrogen-bond acceptors (Lipinski definition) is 3. The molecule has 0 saturated heterocycles. The maximum Gasteiger partial charge on any atom is 0.303 e. The molecule has 0 aromatic heterocycles.